The van der Waals surface area contributed by atoms with Crippen LogP contribution in [0.4, 0.5) is 8.78 Å². The fourth-order valence-electron chi connectivity index (χ4n) is 4.38. The first-order chi connectivity index (χ1) is 14.5. The first kappa shape index (κ1) is 18.9. The highest BCUT2D eigenvalue weighted by Gasteiger charge is 2.66. The van der Waals surface area contributed by atoms with Crippen LogP contribution < -0.4 is 10.5 Å². The zero-order chi connectivity index (χ0) is 20.8. The number of halogens is 2. The van der Waals surface area contributed by atoms with Crippen LogP contribution in [0.15, 0.2) is 65.4 Å². The summed E-state index contributed by atoms with van der Waals surface area (Å²) < 4.78 is 42.1. The van der Waals surface area contributed by atoms with E-state index in [0.29, 0.717) is 19.0 Å². The predicted molar refractivity (Wildman–Crippen MR) is 109 cm³/mol. The lowest BCUT2D eigenvalue weighted by Crippen LogP contribution is -2.44. The summed E-state index contributed by atoms with van der Waals surface area (Å²) in [7, 11) is 0. The number of rotatable bonds is 4. The molecule has 5 nitrogen and oxygen atoms in total. The lowest BCUT2D eigenvalue weighted by Gasteiger charge is -2.39. The second-order valence-corrected chi connectivity index (χ2v) is 7.99. The Bertz CT molecular complexity index is 1020. The number of hydrogen-bond acceptors (Lipinski definition) is 5. The van der Waals surface area contributed by atoms with Crippen LogP contribution in [-0.2, 0) is 15.0 Å². The second kappa shape index (κ2) is 7.00. The summed E-state index contributed by atoms with van der Waals surface area (Å²) in [4.78, 5) is 4.74. The Morgan fingerprint density at radius 3 is 2.73 bits per heavy atom. The average molecular weight is 412 g/mol. The van der Waals surface area contributed by atoms with Crippen LogP contribution in [-0.4, -0.2) is 32.3 Å². The number of ether oxygens (including phenoxy) is 3. The van der Waals surface area contributed by atoms with Crippen LogP contribution in [0.5, 0.6) is 5.75 Å². The number of aliphatic imine (C=N–C) groups is 1. The summed E-state index contributed by atoms with van der Waals surface area (Å²) in [5.74, 6) is 1.15. The van der Waals surface area contributed by atoms with E-state index < -0.39 is 18.6 Å². The molecule has 1 fully saturated rings. The molecule has 156 valence electrons. The Morgan fingerprint density at radius 1 is 1.13 bits per heavy atom. The zero-order valence-electron chi connectivity index (χ0n) is 16.3. The van der Waals surface area contributed by atoms with E-state index in [-0.39, 0.29) is 11.4 Å². The van der Waals surface area contributed by atoms with Crippen LogP contribution in [0.25, 0.3) is 5.57 Å². The molecule has 0 saturated heterocycles. The fraction of sp³-hybridized carbons (Fsp3) is 0.348. The third kappa shape index (κ3) is 3.09. The van der Waals surface area contributed by atoms with Crippen molar-refractivity contribution in [1.82, 2.24) is 0 Å². The Balaban J connectivity index is 1.55. The second-order valence-electron chi connectivity index (χ2n) is 7.99. The molecule has 0 amide bonds. The molecular formula is C23H22F2N2O3. The van der Waals surface area contributed by atoms with E-state index in [4.69, 9.17) is 24.9 Å². The van der Waals surface area contributed by atoms with Gasteiger partial charge in [-0.1, -0.05) is 30.4 Å². The van der Waals surface area contributed by atoms with Gasteiger partial charge < -0.3 is 19.9 Å². The van der Waals surface area contributed by atoms with Crippen molar-refractivity contribution in [3.8, 4) is 5.75 Å². The monoisotopic (exact) mass is 412 g/mol. The van der Waals surface area contributed by atoms with Crippen LogP contribution >= 0.6 is 0 Å². The van der Waals surface area contributed by atoms with Gasteiger partial charge in [0.2, 0.25) is 0 Å². The number of fused-ring (bicyclic) bond motifs is 3. The molecule has 0 radical (unpaired) electrons. The normalized spacial score (nSPS) is 31.2. The van der Waals surface area contributed by atoms with Crippen molar-refractivity contribution < 1.29 is 23.0 Å². The molecule has 0 aromatic heterocycles. The van der Waals surface area contributed by atoms with E-state index in [9.17, 15) is 8.78 Å². The van der Waals surface area contributed by atoms with Crippen LogP contribution in [0.2, 0.25) is 0 Å². The molecule has 1 aromatic carbocycles. The summed E-state index contributed by atoms with van der Waals surface area (Å²) in [5.41, 5.74) is 7.99. The summed E-state index contributed by atoms with van der Waals surface area (Å²) in [6, 6.07) is 6.14. The van der Waals surface area contributed by atoms with Gasteiger partial charge in [-0.25, -0.2) is 13.8 Å². The molecule has 30 heavy (non-hydrogen) atoms. The minimum absolute atomic E-state index is 0.0843. The van der Waals surface area contributed by atoms with Gasteiger partial charge in [0.25, 0.3) is 12.4 Å². The van der Waals surface area contributed by atoms with Gasteiger partial charge in [0.1, 0.15) is 30.3 Å². The third-order valence-corrected chi connectivity index (χ3v) is 6.16. The predicted octanol–water partition coefficient (Wildman–Crippen LogP) is 4.07. The van der Waals surface area contributed by atoms with Gasteiger partial charge >= 0.3 is 0 Å². The van der Waals surface area contributed by atoms with Crippen molar-refractivity contribution in [3.05, 3.63) is 71.5 Å². The number of alkyl halides is 2. The first-order valence-corrected chi connectivity index (χ1v) is 9.95. The van der Waals surface area contributed by atoms with Gasteiger partial charge in [-0.2, -0.15) is 0 Å². The number of nitrogens with two attached hydrogens (primary N) is 1. The largest absolute Gasteiger partial charge is 0.493 e. The first-order valence-electron chi connectivity index (χ1n) is 9.95. The maximum absolute atomic E-state index is 12.6. The zero-order valence-corrected chi connectivity index (χ0v) is 16.3. The van der Waals surface area contributed by atoms with E-state index in [1.54, 1.807) is 18.2 Å². The van der Waals surface area contributed by atoms with Crippen LogP contribution in [0, 0.1) is 5.41 Å². The Morgan fingerprint density at radius 2 is 2.00 bits per heavy atom. The number of nitrogens with zero attached hydrogens (tertiary/aromatic N) is 1. The topological polar surface area (TPSA) is 66.1 Å². The van der Waals surface area contributed by atoms with Crippen LogP contribution in [0.3, 0.4) is 0 Å². The van der Waals surface area contributed by atoms with Gasteiger partial charge in [0, 0.05) is 11.0 Å². The van der Waals surface area contributed by atoms with Crippen molar-refractivity contribution in [3.63, 3.8) is 0 Å². The summed E-state index contributed by atoms with van der Waals surface area (Å²) in [5, 5.41) is 0. The maximum atomic E-state index is 12.6. The van der Waals surface area contributed by atoms with Gasteiger partial charge in [0.05, 0.1) is 6.61 Å². The SMILES string of the molecule is NC1=NC2(CO1)c1cc(C3=C/C=C/C=C/C(OCC(F)F)=C\3)ccc1OCC21CC1. The molecule has 2 heterocycles. The minimum atomic E-state index is -2.53. The molecule has 1 saturated carbocycles. The molecule has 2 aliphatic carbocycles. The minimum Gasteiger partial charge on any atom is -0.493 e. The third-order valence-electron chi connectivity index (χ3n) is 6.16. The molecule has 2 N–H and O–H groups in total. The number of allylic oxidation sites excluding steroid dienone is 7. The smallest absolute Gasteiger partial charge is 0.283 e. The Labute approximate surface area is 173 Å². The molecular weight excluding hydrogens is 390 g/mol. The summed E-state index contributed by atoms with van der Waals surface area (Å²) in [6.45, 7) is 0.350. The van der Waals surface area contributed by atoms with E-state index >= 15 is 0 Å². The molecule has 1 aromatic rings. The molecule has 1 unspecified atom stereocenters. The number of hydrogen-bond donors (Lipinski definition) is 1. The van der Waals surface area contributed by atoms with Crippen molar-refractivity contribution in [1.29, 1.82) is 0 Å². The van der Waals surface area contributed by atoms with Crippen molar-refractivity contribution in [2.45, 2.75) is 24.8 Å². The molecule has 7 heteroatoms. The van der Waals surface area contributed by atoms with Crippen LogP contribution in [0.1, 0.15) is 24.0 Å². The highest BCUT2D eigenvalue weighted by atomic mass is 19.3. The molecule has 4 aliphatic rings. The van der Waals surface area contributed by atoms with E-state index in [1.807, 2.05) is 36.4 Å². The van der Waals surface area contributed by atoms with E-state index in [0.717, 1.165) is 35.3 Å². The maximum Gasteiger partial charge on any atom is 0.283 e. The van der Waals surface area contributed by atoms with Crippen molar-refractivity contribution in [2.75, 3.05) is 19.8 Å². The van der Waals surface area contributed by atoms with Gasteiger partial charge in [0.15, 0.2) is 0 Å². The molecule has 2 aliphatic heterocycles. The van der Waals surface area contributed by atoms with Crippen molar-refractivity contribution in [2.24, 2.45) is 16.1 Å². The van der Waals surface area contributed by atoms with E-state index in [1.165, 1.54) is 0 Å². The number of amidine groups is 1. The molecule has 0 bridgehead atoms. The highest BCUT2D eigenvalue weighted by molar-refractivity contribution is 5.79. The Kier molecular flexibility index (Phi) is 4.41. The molecule has 2 spiro atoms. The average Bonchev–Trinajstić information content (AvgIpc) is 3.39. The van der Waals surface area contributed by atoms with E-state index in [2.05, 4.69) is 0 Å². The molecule has 5 rings (SSSR count). The summed E-state index contributed by atoms with van der Waals surface area (Å²) in [6.07, 6.45) is 10.3. The lowest BCUT2D eigenvalue weighted by molar-refractivity contribution is 0.0526. The fourth-order valence-corrected chi connectivity index (χ4v) is 4.38. The lowest BCUT2D eigenvalue weighted by atomic mass is 9.74. The van der Waals surface area contributed by atoms with Crippen molar-refractivity contribution >= 4 is 11.6 Å². The molecule has 1 atom stereocenters. The summed E-state index contributed by atoms with van der Waals surface area (Å²) >= 11 is 0. The van der Waals surface area contributed by atoms with Gasteiger partial charge in [-0.15, -0.1) is 0 Å². The number of benzene rings is 1. The Hall–Kier alpha value is -3.09. The highest BCUT2D eigenvalue weighted by Crippen LogP contribution is 2.65. The van der Waals surface area contributed by atoms with Gasteiger partial charge in [-0.05, 0) is 48.3 Å². The van der Waals surface area contributed by atoms with Gasteiger partial charge in [-0.3, -0.25) is 0 Å². The standard InChI is InChI=1S/C23H22F2N2O3/c24-20(25)12-28-17-5-3-1-2-4-15(10-17)16-6-7-19-18(11-16)23(14-30-21(26)27-23)22(8-9-22)13-29-19/h1-7,10-11,20H,8-9,12-14H2,(H2,26,27)/b2-1+,3-1?,4-2?,5-3+,15-4+,15-10?,17-5?,17-10+. The quantitative estimate of drug-likeness (QED) is 0.810.